The van der Waals surface area contributed by atoms with E-state index < -0.39 is 6.04 Å². The third-order valence-electron chi connectivity index (χ3n) is 7.38. The van der Waals surface area contributed by atoms with Crippen molar-refractivity contribution in [1.82, 2.24) is 15.5 Å². The van der Waals surface area contributed by atoms with Crippen LogP contribution in [0.1, 0.15) is 16.7 Å². The van der Waals surface area contributed by atoms with Gasteiger partial charge in [0.1, 0.15) is 11.8 Å². The fraction of sp³-hybridized carbons (Fsp3) is 0.333. The zero-order chi connectivity index (χ0) is 26.5. The number of halogens is 1. The summed E-state index contributed by atoms with van der Waals surface area (Å²) < 4.78 is 5.52. The standard InChI is InChI=1S/C30H33ClN4O3/c1-38-28-9-5-4-8-27(28)34-14-16-35(17-15-34)30(37)26(18-21-10-12-24(31)13-11-21)33-29(36)25-19-22-6-2-3-7-23(22)20-32-25/h2-13,25-26,32H,14-20H2,1H3,(H,33,36)/t25-,26-/m1/s1. The number of para-hydroxylation sites is 2. The number of benzene rings is 3. The maximum Gasteiger partial charge on any atom is 0.245 e. The lowest BCUT2D eigenvalue weighted by atomic mass is 9.95. The molecule has 0 aliphatic carbocycles. The molecule has 38 heavy (non-hydrogen) atoms. The van der Waals surface area contributed by atoms with E-state index in [-0.39, 0.29) is 17.9 Å². The van der Waals surface area contributed by atoms with E-state index in [0.717, 1.165) is 17.0 Å². The molecule has 3 aromatic rings. The first-order valence-electron chi connectivity index (χ1n) is 13.0. The number of amides is 2. The molecule has 2 atom stereocenters. The van der Waals surface area contributed by atoms with Crippen molar-refractivity contribution in [2.45, 2.75) is 31.5 Å². The van der Waals surface area contributed by atoms with E-state index in [1.54, 1.807) is 7.11 Å². The zero-order valence-electron chi connectivity index (χ0n) is 21.5. The highest BCUT2D eigenvalue weighted by molar-refractivity contribution is 6.30. The normalized spacial score (nSPS) is 17.9. The Balaban J connectivity index is 1.28. The number of carbonyl (C=O) groups excluding carboxylic acids is 2. The van der Waals surface area contributed by atoms with Crippen molar-refractivity contribution in [1.29, 1.82) is 0 Å². The lowest BCUT2D eigenvalue weighted by Gasteiger charge is -2.38. The number of nitrogens with one attached hydrogen (secondary N) is 2. The van der Waals surface area contributed by atoms with Crippen molar-refractivity contribution in [3.8, 4) is 5.75 Å². The molecule has 3 aromatic carbocycles. The maximum atomic E-state index is 13.8. The Kier molecular flexibility index (Phi) is 8.15. The van der Waals surface area contributed by atoms with Gasteiger partial charge in [-0.05, 0) is 47.4 Å². The molecule has 2 aliphatic heterocycles. The SMILES string of the molecule is COc1ccccc1N1CCN(C(=O)[C@@H](Cc2ccc(Cl)cc2)NC(=O)[C@H]2Cc3ccccc3CN2)CC1. The number of hydrogen-bond donors (Lipinski definition) is 2. The summed E-state index contributed by atoms with van der Waals surface area (Å²) >= 11 is 6.08. The average Bonchev–Trinajstić information content (AvgIpc) is 2.97. The van der Waals surface area contributed by atoms with Crippen LogP contribution in [0.5, 0.6) is 5.75 Å². The molecule has 0 spiro atoms. The van der Waals surface area contributed by atoms with Gasteiger partial charge in [0.25, 0.3) is 0 Å². The van der Waals surface area contributed by atoms with E-state index >= 15 is 0 Å². The van der Waals surface area contributed by atoms with Crippen molar-refractivity contribution in [3.05, 3.63) is 94.5 Å². The first-order chi connectivity index (χ1) is 18.5. The summed E-state index contributed by atoms with van der Waals surface area (Å²) in [7, 11) is 1.67. The quantitative estimate of drug-likeness (QED) is 0.488. The third-order valence-corrected chi connectivity index (χ3v) is 7.63. The molecular weight excluding hydrogens is 500 g/mol. The van der Waals surface area contributed by atoms with Gasteiger partial charge in [-0.2, -0.15) is 0 Å². The summed E-state index contributed by atoms with van der Waals surface area (Å²) in [6, 6.07) is 22.5. The van der Waals surface area contributed by atoms with Crippen LogP contribution in [0.2, 0.25) is 5.02 Å². The van der Waals surface area contributed by atoms with Crippen LogP contribution in [0.4, 0.5) is 5.69 Å². The Morgan fingerprint density at radius 3 is 2.39 bits per heavy atom. The summed E-state index contributed by atoms with van der Waals surface area (Å²) in [5.41, 5.74) is 4.34. The van der Waals surface area contributed by atoms with Crippen molar-refractivity contribution in [2.75, 3.05) is 38.2 Å². The van der Waals surface area contributed by atoms with Gasteiger partial charge in [-0.15, -0.1) is 0 Å². The van der Waals surface area contributed by atoms with Crippen LogP contribution < -0.4 is 20.3 Å². The fourth-order valence-corrected chi connectivity index (χ4v) is 5.37. The first kappa shape index (κ1) is 26.1. The minimum absolute atomic E-state index is 0.0656. The predicted molar refractivity (Wildman–Crippen MR) is 150 cm³/mol. The van der Waals surface area contributed by atoms with Crippen molar-refractivity contribution in [2.24, 2.45) is 0 Å². The van der Waals surface area contributed by atoms with E-state index in [2.05, 4.69) is 27.7 Å². The number of rotatable bonds is 7. The highest BCUT2D eigenvalue weighted by atomic mass is 35.5. The topological polar surface area (TPSA) is 73.9 Å². The lowest BCUT2D eigenvalue weighted by molar-refractivity contribution is -0.137. The molecule has 7 nitrogen and oxygen atoms in total. The van der Waals surface area contributed by atoms with Crippen molar-refractivity contribution in [3.63, 3.8) is 0 Å². The Morgan fingerprint density at radius 1 is 0.974 bits per heavy atom. The Hall–Kier alpha value is -3.55. The van der Waals surface area contributed by atoms with Gasteiger partial charge in [-0.25, -0.2) is 0 Å². The summed E-state index contributed by atoms with van der Waals surface area (Å²) in [5.74, 6) is 0.602. The minimum Gasteiger partial charge on any atom is -0.495 e. The molecule has 1 saturated heterocycles. The highest BCUT2D eigenvalue weighted by Gasteiger charge is 2.32. The highest BCUT2D eigenvalue weighted by Crippen LogP contribution is 2.28. The average molecular weight is 533 g/mol. The van der Waals surface area contributed by atoms with E-state index in [1.165, 1.54) is 11.1 Å². The fourth-order valence-electron chi connectivity index (χ4n) is 5.25. The molecule has 0 saturated carbocycles. The zero-order valence-corrected chi connectivity index (χ0v) is 22.3. The molecule has 8 heteroatoms. The minimum atomic E-state index is -0.666. The van der Waals surface area contributed by atoms with Gasteiger partial charge in [0.15, 0.2) is 0 Å². The van der Waals surface area contributed by atoms with Crippen molar-refractivity contribution >= 4 is 29.1 Å². The number of carbonyl (C=O) groups is 2. The molecule has 2 heterocycles. The molecule has 198 valence electrons. The van der Waals surface area contributed by atoms with Gasteiger partial charge in [-0.1, -0.05) is 60.1 Å². The van der Waals surface area contributed by atoms with Crippen LogP contribution in [0.25, 0.3) is 0 Å². The molecular formula is C30H33ClN4O3. The Bertz CT molecular complexity index is 1270. The molecule has 2 aliphatic rings. The predicted octanol–water partition coefficient (Wildman–Crippen LogP) is 3.44. The second-order valence-corrected chi connectivity index (χ2v) is 10.2. The largest absolute Gasteiger partial charge is 0.495 e. The Labute approximate surface area is 228 Å². The summed E-state index contributed by atoms with van der Waals surface area (Å²) in [6.07, 6.45) is 0.999. The Morgan fingerprint density at radius 2 is 1.66 bits per heavy atom. The van der Waals surface area contributed by atoms with E-state index in [1.807, 2.05) is 65.6 Å². The van der Waals surface area contributed by atoms with Gasteiger partial charge >= 0.3 is 0 Å². The lowest BCUT2D eigenvalue weighted by Crippen LogP contribution is -2.58. The van der Waals surface area contributed by atoms with E-state index in [4.69, 9.17) is 16.3 Å². The first-order valence-corrected chi connectivity index (χ1v) is 13.4. The van der Waals surface area contributed by atoms with Gasteiger partial charge in [0, 0.05) is 44.2 Å². The summed E-state index contributed by atoms with van der Waals surface area (Å²) in [6.45, 7) is 3.15. The molecule has 0 aromatic heterocycles. The molecule has 1 fully saturated rings. The van der Waals surface area contributed by atoms with Crippen LogP contribution >= 0.6 is 11.6 Å². The molecule has 2 amide bonds. The van der Waals surface area contributed by atoms with Gasteiger partial charge in [0.05, 0.1) is 18.8 Å². The maximum absolute atomic E-state index is 13.8. The van der Waals surface area contributed by atoms with E-state index in [9.17, 15) is 9.59 Å². The number of methoxy groups -OCH3 is 1. The summed E-state index contributed by atoms with van der Waals surface area (Å²) in [4.78, 5) is 31.2. The smallest absolute Gasteiger partial charge is 0.245 e. The number of fused-ring (bicyclic) bond motifs is 1. The van der Waals surface area contributed by atoms with E-state index in [0.29, 0.717) is 50.6 Å². The van der Waals surface area contributed by atoms with Crippen LogP contribution in [-0.4, -0.2) is 62.1 Å². The number of piperazine rings is 1. The summed E-state index contributed by atoms with van der Waals surface area (Å²) in [5, 5.41) is 7.05. The number of nitrogens with zero attached hydrogens (tertiary/aromatic N) is 2. The monoisotopic (exact) mass is 532 g/mol. The molecule has 0 unspecified atom stereocenters. The second-order valence-electron chi connectivity index (χ2n) is 9.78. The third kappa shape index (κ3) is 5.95. The number of anilines is 1. The van der Waals surface area contributed by atoms with Crippen LogP contribution in [-0.2, 0) is 29.0 Å². The van der Waals surface area contributed by atoms with Gasteiger partial charge in [-0.3, -0.25) is 9.59 Å². The molecule has 0 radical (unpaired) electrons. The molecule has 5 rings (SSSR count). The van der Waals surface area contributed by atoms with Gasteiger partial charge < -0.3 is 25.2 Å². The van der Waals surface area contributed by atoms with Crippen LogP contribution in [0, 0.1) is 0 Å². The second kappa shape index (κ2) is 11.9. The number of hydrogen-bond acceptors (Lipinski definition) is 5. The van der Waals surface area contributed by atoms with Crippen LogP contribution in [0.15, 0.2) is 72.8 Å². The van der Waals surface area contributed by atoms with Crippen LogP contribution in [0.3, 0.4) is 0 Å². The van der Waals surface area contributed by atoms with Crippen molar-refractivity contribution < 1.29 is 14.3 Å². The molecule has 2 N–H and O–H groups in total. The molecule has 0 bridgehead atoms. The number of ether oxygens (including phenoxy) is 1. The van der Waals surface area contributed by atoms with Gasteiger partial charge in [0.2, 0.25) is 11.8 Å².